The summed E-state index contributed by atoms with van der Waals surface area (Å²) in [5.74, 6) is -1.02. The van der Waals surface area contributed by atoms with E-state index in [9.17, 15) is 14.4 Å². The van der Waals surface area contributed by atoms with E-state index in [-0.39, 0.29) is 37.9 Å². The van der Waals surface area contributed by atoms with E-state index >= 15 is 0 Å². The fourth-order valence-corrected chi connectivity index (χ4v) is 5.46. The van der Waals surface area contributed by atoms with E-state index < -0.39 is 18.0 Å². The molecule has 2 aromatic rings. The normalized spacial score (nSPS) is 15.8. The Kier molecular flexibility index (Phi) is 8.06. The maximum atomic E-state index is 13.0. The topological polar surface area (TPSA) is 95.9 Å². The lowest BCUT2D eigenvalue weighted by Gasteiger charge is -2.25. The van der Waals surface area contributed by atoms with Crippen LogP contribution in [0.3, 0.4) is 0 Å². The van der Waals surface area contributed by atoms with Crippen molar-refractivity contribution in [3.8, 4) is 11.1 Å². The molecule has 7 nitrogen and oxygen atoms in total. The smallest absolute Gasteiger partial charge is 0.407 e. The van der Waals surface area contributed by atoms with Crippen molar-refractivity contribution in [2.75, 3.05) is 26.7 Å². The summed E-state index contributed by atoms with van der Waals surface area (Å²) in [6.07, 6.45) is 4.57. The van der Waals surface area contributed by atoms with Gasteiger partial charge in [-0.25, -0.2) is 4.79 Å². The van der Waals surface area contributed by atoms with Crippen LogP contribution in [0.25, 0.3) is 11.1 Å². The summed E-state index contributed by atoms with van der Waals surface area (Å²) in [5.41, 5.74) is 4.64. The van der Waals surface area contributed by atoms with E-state index in [0.29, 0.717) is 12.3 Å². The lowest BCUT2D eigenvalue weighted by atomic mass is 9.92. The maximum absolute atomic E-state index is 13.0. The number of alkyl carbamates (subject to hydrolysis) is 1. The lowest BCUT2D eigenvalue weighted by molar-refractivity contribution is -0.139. The lowest BCUT2D eigenvalue weighted by Crippen LogP contribution is -2.41. The van der Waals surface area contributed by atoms with Gasteiger partial charge in [-0.2, -0.15) is 0 Å². The highest BCUT2D eigenvalue weighted by Crippen LogP contribution is 2.44. The molecular weight excluding hydrogens is 444 g/mol. The van der Waals surface area contributed by atoms with Crippen molar-refractivity contribution >= 4 is 18.0 Å². The van der Waals surface area contributed by atoms with Gasteiger partial charge in [0.2, 0.25) is 5.91 Å². The number of benzene rings is 2. The zero-order chi connectivity index (χ0) is 24.8. The molecule has 1 saturated carbocycles. The van der Waals surface area contributed by atoms with Gasteiger partial charge in [-0.05, 0) is 34.6 Å². The fourth-order valence-electron chi connectivity index (χ4n) is 5.46. The van der Waals surface area contributed by atoms with Gasteiger partial charge in [-0.15, -0.1) is 0 Å². The van der Waals surface area contributed by atoms with E-state index in [1.54, 1.807) is 7.05 Å². The molecule has 0 bridgehead atoms. The SMILES string of the molecule is CN(CCC(=O)O)C(=O)C(CNC(=O)OCC1c2ccccc2-c2ccccc21)CC1CCCC1. The molecular formula is C28H34N2O5. The second-order valence-corrected chi connectivity index (χ2v) is 9.69. The number of amides is 2. The van der Waals surface area contributed by atoms with Gasteiger partial charge in [0.15, 0.2) is 0 Å². The minimum atomic E-state index is -0.936. The van der Waals surface area contributed by atoms with E-state index in [2.05, 4.69) is 29.6 Å². The van der Waals surface area contributed by atoms with Crippen molar-refractivity contribution in [1.82, 2.24) is 10.2 Å². The Labute approximate surface area is 206 Å². The van der Waals surface area contributed by atoms with E-state index in [4.69, 9.17) is 9.84 Å². The van der Waals surface area contributed by atoms with Gasteiger partial charge in [-0.1, -0.05) is 74.2 Å². The third-order valence-electron chi connectivity index (χ3n) is 7.32. The summed E-state index contributed by atoms with van der Waals surface area (Å²) in [6.45, 7) is 0.559. The molecule has 0 heterocycles. The van der Waals surface area contributed by atoms with Crippen LogP contribution in [0.15, 0.2) is 48.5 Å². The van der Waals surface area contributed by atoms with Gasteiger partial charge in [0.05, 0.1) is 12.3 Å². The number of hydrogen-bond donors (Lipinski definition) is 2. The van der Waals surface area contributed by atoms with Gasteiger partial charge in [0.25, 0.3) is 0 Å². The first kappa shape index (κ1) is 24.8. The first-order valence-corrected chi connectivity index (χ1v) is 12.5. The molecule has 4 rings (SSSR count). The minimum absolute atomic E-state index is 0.0220. The number of ether oxygens (including phenoxy) is 1. The predicted octanol–water partition coefficient (Wildman–Crippen LogP) is 4.65. The van der Waals surface area contributed by atoms with Crippen molar-refractivity contribution in [2.45, 2.75) is 44.4 Å². The molecule has 1 atom stereocenters. The van der Waals surface area contributed by atoms with Gasteiger partial charge in [-0.3, -0.25) is 9.59 Å². The van der Waals surface area contributed by atoms with Crippen LogP contribution in [0, 0.1) is 11.8 Å². The Bertz CT molecular complexity index is 1020. The molecule has 2 N–H and O–H groups in total. The Morgan fingerprint density at radius 1 is 1.03 bits per heavy atom. The quantitative estimate of drug-likeness (QED) is 0.518. The minimum Gasteiger partial charge on any atom is -0.481 e. The Morgan fingerprint density at radius 3 is 2.23 bits per heavy atom. The molecule has 7 heteroatoms. The van der Waals surface area contributed by atoms with Crippen LogP contribution in [0.5, 0.6) is 0 Å². The Morgan fingerprint density at radius 2 is 1.63 bits per heavy atom. The number of nitrogens with one attached hydrogen (secondary N) is 1. The monoisotopic (exact) mass is 478 g/mol. The highest BCUT2D eigenvalue weighted by atomic mass is 16.5. The standard InChI is InChI=1S/C28H34N2O5/c1-30(15-14-26(31)32)27(33)20(16-19-8-2-3-9-19)17-29-28(34)35-18-25-23-12-6-4-10-21(23)22-11-5-7-13-24(22)25/h4-7,10-13,19-20,25H,2-3,8-9,14-18H2,1H3,(H,29,34)(H,31,32). The van der Waals surface area contributed by atoms with Crippen molar-refractivity contribution in [1.29, 1.82) is 0 Å². The second kappa shape index (κ2) is 11.4. The zero-order valence-electron chi connectivity index (χ0n) is 20.2. The highest BCUT2D eigenvalue weighted by Gasteiger charge is 2.30. The molecule has 2 aromatic carbocycles. The second-order valence-electron chi connectivity index (χ2n) is 9.69. The van der Waals surface area contributed by atoms with Crippen LogP contribution in [0.2, 0.25) is 0 Å². The Hall–Kier alpha value is -3.35. The number of fused-ring (bicyclic) bond motifs is 3. The van der Waals surface area contributed by atoms with Gasteiger partial charge in [0, 0.05) is 26.1 Å². The third-order valence-corrected chi connectivity index (χ3v) is 7.32. The summed E-state index contributed by atoms with van der Waals surface area (Å²) in [4.78, 5) is 38.1. The summed E-state index contributed by atoms with van der Waals surface area (Å²) >= 11 is 0. The van der Waals surface area contributed by atoms with E-state index in [0.717, 1.165) is 24.0 Å². The van der Waals surface area contributed by atoms with E-state index in [1.165, 1.54) is 28.9 Å². The summed E-state index contributed by atoms with van der Waals surface area (Å²) < 4.78 is 5.63. The molecule has 2 amide bonds. The average molecular weight is 479 g/mol. The van der Waals surface area contributed by atoms with Crippen molar-refractivity contribution in [3.63, 3.8) is 0 Å². The van der Waals surface area contributed by atoms with Crippen LogP contribution in [0.4, 0.5) is 4.79 Å². The summed E-state index contributed by atoms with van der Waals surface area (Å²) in [7, 11) is 1.63. The first-order chi connectivity index (χ1) is 16.9. The molecule has 0 saturated heterocycles. The maximum Gasteiger partial charge on any atom is 0.407 e. The predicted molar refractivity (Wildman–Crippen MR) is 133 cm³/mol. The molecule has 0 aromatic heterocycles. The molecule has 1 fully saturated rings. The number of carbonyl (C=O) groups is 3. The Balaban J connectivity index is 1.35. The van der Waals surface area contributed by atoms with Crippen molar-refractivity contribution in [3.05, 3.63) is 59.7 Å². The average Bonchev–Trinajstić information content (AvgIpc) is 3.49. The van der Waals surface area contributed by atoms with Gasteiger partial charge in [0.1, 0.15) is 6.61 Å². The molecule has 0 spiro atoms. The van der Waals surface area contributed by atoms with Crippen LogP contribution in [-0.4, -0.2) is 54.7 Å². The molecule has 0 radical (unpaired) electrons. The molecule has 2 aliphatic rings. The first-order valence-electron chi connectivity index (χ1n) is 12.5. The molecule has 0 aliphatic heterocycles. The number of carboxylic acids is 1. The molecule has 186 valence electrons. The van der Waals surface area contributed by atoms with E-state index in [1.807, 2.05) is 24.3 Å². The van der Waals surface area contributed by atoms with Gasteiger partial charge < -0.3 is 20.1 Å². The number of carboxylic acid groups (broad SMARTS) is 1. The number of rotatable bonds is 10. The molecule has 35 heavy (non-hydrogen) atoms. The number of carbonyl (C=O) groups excluding carboxylic acids is 2. The van der Waals surface area contributed by atoms with Crippen LogP contribution >= 0.6 is 0 Å². The summed E-state index contributed by atoms with van der Waals surface area (Å²) in [5, 5.41) is 11.8. The zero-order valence-corrected chi connectivity index (χ0v) is 20.2. The third kappa shape index (κ3) is 6.02. The fraction of sp³-hybridized carbons (Fsp3) is 0.464. The molecule has 1 unspecified atom stereocenters. The number of hydrogen-bond acceptors (Lipinski definition) is 4. The van der Waals surface area contributed by atoms with Crippen molar-refractivity contribution in [2.24, 2.45) is 11.8 Å². The number of nitrogens with zero attached hydrogens (tertiary/aromatic N) is 1. The largest absolute Gasteiger partial charge is 0.481 e. The van der Waals surface area contributed by atoms with Gasteiger partial charge >= 0.3 is 12.1 Å². The molecule has 2 aliphatic carbocycles. The van der Waals surface area contributed by atoms with Crippen LogP contribution in [0.1, 0.15) is 55.6 Å². The van der Waals surface area contributed by atoms with Crippen molar-refractivity contribution < 1.29 is 24.2 Å². The highest BCUT2D eigenvalue weighted by molar-refractivity contribution is 5.81. The number of aliphatic carboxylic acids is 1. The van der Waals surface area contributed by atoms with Crippen LogP contribution < -0.4 is 5.32 Å². The van der Waals surface area contributed by atoms with Crippen LogP contribution in [-0.2, 0) is 14.3 Å². The summed E-state index contributed by atoms with van der Waals surface area (Å²) in [6, 6.07) is 16.4.